The predicted molar refractivity (Wildman–Crippen MR) is 150 cm³/mol. The number of hydrogen-bond donors (Lipinski definition) is 1. The monoisotopic (exact) mass is 545 g/mol. The van der Waals surface area contributed by atoms with Crippen molar-refractivity contribution in [3.05, 3.63) is 77.5 Å². The molecule has 0 aliphatic rings. The van der Waals surface area contributed by atoms with Crippen LogP contribution in [-0.4, -0.2) is 51.3 Å². The molecule has 0 atom stereocenters. The smallest absolute Gasteiger partial charge is 0.230 e. The van der Waals surface area contributed by atoms with E-state index in [0.29, 0.717) is 51.3 Å². The summed E-state index contributed by atoms with van der Waals surface area (Å²) in [4.78, 5) is 22.4. The maximum absolute atomic E-state index is 13.3. The van der Waals surface area contributed by atoms with E-state index in [9.17, 15) is 4.79 Å². The maximum Gasteiger partial charge on any atom is 0.230 e. The Hall–Kier alpha value is -4.99. The van der Waals surface area contributed by atoms with Crippen molar-refractivity contribution in [3.63, 3.8) is 0 Å². The van der Waals surface area contributed by atoms with Gasteiger partial charge < -0.3 is 33.7 Å². The van der Waals surface area contributed by atoms with Crippen LogP contribution in [-0.2, 0) is 6.42 Å². The second-order valence-electron chi connectivity index (χ2n) is 8.71. The Morgan fingerprint density at radius 2 is 1.35 bits per heavy atom. The molecule has 1 aromatic heterocycles. The summed E-state index contributed by atoms with van der Waals surface area (Å²) >= 11 is 0. The summed E-state index contributed by atoms with van der Waals surface area (Å²) in [6.45, 7) is 1.95. The van der Waals surface area contributed by atoms with E-state index in [1.807, 2.05) is 19.1 Å². The van der Waals surface area contributed by atoms with Gasteiger partial charge in [0.05, 0.1) is 35.5 Å². The lowest BCUT2D eigenvalue weighted by Crippen LogP contribution is -2.09. The first kappa shape index (κ1) is 28.0. The Morgan fingerprint density at radius 1 is 0.750 bits per heavy atom. The molecule has 0 aliphatic carbocycles. The number of benzene rings is 3. The molecule has 1 heterocycles. The maximum atomic E-state index is 13.3. The number of ether oxygens (including phenoxy) is 6. The van der Waals surface area contributed by atoms with Crippen LogP contribution in [0.15, 0.2) is 60.8 Å². The zero-order valence-electron chi connectivity index (χ0n) is 23.2. The highest BCUT2D eigenvalue weighted by atomic mass is 16.5. The minimum atomic E-state index is -0.195. The zero-order valence-corrected chi connectivity index (χ0v) is 23.2. The second-order valence-corrected chi connectivity index (χ2v) is 8.71. The first-order valence-electron chi connectivity index (χ1n) is 12.3. The minimum Gasteiger partial charge on any atom is -0.497 e. The highest BCUT2D eigenvalue weighted by Crippen LogP contribution is 2.35. The van der Waals surface area contributed by atoms with Gasteiger partial charge in [-0.15, -0.1) is 0 Å². The van der Waals surface area contributed by atoms with Crippen molar-refractivity contribution in [2.45, 2.75) is 13.3 Å². The molecule has 0 saturated heterocycles. The number of nitrogens with zero attached hydrogens (tertiary/aromatic N) is 2. The standard InChI is InChI=1S/C30H31N3O7/c1-18-7-8-27(28(9-18)39-6)40-29-20(12-26(34)19-10-22(35-2)15-23(11-19)36-3)17-31-30(33-29)32-21-13-24(37-4)16-25(14-21)38-5/h7-11,13-17H,12H2,1-6H3,(H,31,32,33). The van der Waals surface area contributed by atoms with Crippen LogP contribution in [0.25, 0.3) is 0 Å². The van der Waals surface area contributed by atoms with Crippen LogP contribution < -0.4 is 33.7 Å². The fraction of sp³-hybridized carbons (Fsp3) is 0.233. The van der Waals surface area contributed by atoms with Crippen LogP contribution in [0.5, 0.6) is 40.4 Å². The Morgan fingerprint density at radius 3 is 1.93 bits per heavy atom. The summed E-state index contributed by atoms with van der Waals surface area (Å²) in [7, 11) is 7.76. The first-order valence-corrected chi connectivity index (χ1v) is 12.3. The fourth-order valence-corrected chi connectivity index (χ4v) is 3.88. The lowest BCUT2D eigenvalue weighted by Gasteiger charge is -2.15. The van der Waals surface area contributed by atoms with E-state index in [0.717, 1.165) is 5.56 Å². The SMILES string of the molecule is COc1cc(Nc2ncc(CC(=O)c3cc(OC)cc(OC)c3)c(Oc3ccc(C)cc3OC)n2)cc(OC)c1. The van der Waals surface area contributed by atoms with Gasteiger partial charge in [0.15, 0.2) is 17.3 Å². The predicted octanol–water partition coefficient (Wildman–Crippen LogP) is 5.79. The number of nitrogens with one attached hydrogen (secondary N) is 1. The number of anilines is 2. The number of aromatic nitrogens is 2. The molecular formula is C30H31N3O7. The summed E-state index contributed by atoms with van der Waals surface area (Å²) in [5.74, 6) is 3.42. The quantitative estimate of drug-likeness (QED) is 0.220. The molecule has 0 spiro atoms. The van der Waals surface area contributed by atoms with Crippen molar-refractivity contribution in [2.75, 3.05) is 40.9 Å². The molecule has 208 valence electrons. The van der Waals surface area contributed by atoms with Gasteiger partial charge in [0.1, 0.15) is 23.0 Å². The van der Waals surface area contributed by atoms with Crippen molar-refractivity contribution in [2.24, 2.45) is 0 Å². The lowest BCUT2D eigenvalue weighted by atomic mass is 10.0. The van der Waals surface area contributed by atoms with E-state index in [1.54, 1.807) is 70.0 Å². The Bertz CT molecular complexity index is 1460. The van der Waals surface area contributed by atoms with Gasteiger partial charge in [-0.25, -0.2) is 4.98 Å². The lowest BCUT2D eigenvalue weighted by molar-refractivity contribution is 0.0991. The fourth-order valence-electron chi connectivity index (χ4n) is 3.88. The van der Waals surface area contributed by atoms with E-state index in [-0.39, 0.29) is 24.0 Å². The third-order valence-electron chi connectivity index (χ3n) is 5.98. The van der Waals surface area contributed by atoms with Crippen molar-refractivity contribution in [1.82, 2.24) is 9.97 Å². The number of Topliss-reactive ketones (excluding diaryl/α,β-unsaturated/α-hetero) is 1. The van der Waals surface area contributed by atoms with E-state index >= 15 is 0 Å². The average Bonchev–Trinajstić information content (AvgIpc) is 2.98. The topological polar surface area (TPSA) is 110 Å². The number of methoxy groups -OCH3 is 5. The molecular weight excluding hydrogens is 514 g/mol. The van der Waals surface area contributed by atoms with Gasteiger partial charge in [0, 0.05) is 53.7 Å². The van der Waals surface area contributed by atoms with Gasteiger partial charge in [-0.3, -0.25) is 4.79 Å². The molecule has 3 aromatic carbocycles. The summed E-state index contributed by atoms with van der Waals surface area (Å²) in [6.07, 6.45) is 1.52. The molecule has 0 bridgehead atoms. The minimum absolute atomic E-state index is 0.0346. The first-order chi connectivity index (χ1) is 19.3. The molecule has 10 nitrogen and oxygen atoms in total. The van der Waals surface area contributed by atoms with Crippen molar-refractivity contribution in [1.29, 1.82) is 0 Å². The molecule has 0 unspecified atom stereocenters. The van der Waals surface area contributed by atoms with E-state index < -0.39 is 0 Å². The molecule has 1 N–H and O–H groups in total. The van der Waals surface area contributed by atoms with Crippen molar-refractivity contribution in [3.8, 4) is 40.4 Å². The summed E-state index contributed by atoms with van der Waals surface area (Å²) < 4.78 is 33.1. The van der Waals surface area contributed by atoms with Crippen LogP contribution in [0.2, 0.25) is 0 Å². The van der Waals surface area contributed by atoms with Gasteiger partial charge in [-0.05, 0) is 36.8 Å². The van der Waals surface area contributed by atoms with Crippen molar-refractivity contribution < 1.29 is 33.2 Å². The van der Waals surface area contributed by atoms with Gasteiger partial charge in [0.25, 0.3) is 0 Å². The molecule has 4 aromatic rings. The largest absolute Gasteiger partial charge is 0.497 e. The number of aryl methyl sites for hydroxylation is 1. The highest BCUT2D eigenvalue weighted by Gasteiger charge is 2.18. The molecule has 0 fully saturated rings. The molecule has 40 heavy (non-hydrogen) atoms. The zero-order chi connectivity index (χ0) is 28.6. The Kier molecular flexibility index (Phi) is 8.90. The van der Waals surface area contributed by atoms with Crippen LogP contribution in [0.4, 0.5) is 11.6 Å². The number of ketones is 1. The molecule has 10 heteroatoms. The summed E-state index contributed by atoms with van der Waals surface area (Å²) in [5.41, 5.74) is 2.54. The number of carbonyl (C=O) groups is 1. The number of rotatable bonds is 12. The molecule has 0 saturated carbocycles. The average molecular weight is 546 g/mol. The summed E-state index contributed by atoms with van der Waals surface area (Å²) in [6, 6.07) is 15.9. The van der Waals surface area contributed by atoms with Crippen LogP contribution in [0.1, 0.15) is 21.5 Å². The summed E-state index contributed by atoms with van der Waals surface area (Å²) in [5, 5.41) is 3.15. The Labute approximate surface area is 232 Å². The number of hydrogen-bond acceptors (Lipinski definition) is 10. The number of carbonyl (C=O) groups excluding carboxylic acids is 1. The molecule has 4 rings (SSSR count). The van der Waals surface area contributed by atoms with E-state index in [2.05, 4.69) is 15.3 Å². The van der Waals surface area contributed by atoms with Gasteiger partial charge in [0.2, 0.25) is 11.8 Å². The van der Waals surface area contributed by atoms with Gasteiger partial charge >= 0.3 is 0 Å². The van der Waals surface area contributed by atoms with Crippen LogP contribution >= 0.6 is 0 Å². The third kappa shape index (κ3) is 6.71. The van der Waals surface area contributed by atoms with E-state index in [1.165, 1.54) is 14.2 Å². The highest BCUT2D eigenvalue weighted by molar-refractivity contribution is 5.98. The normalized spacial score (nSPS) is 10.4. The van der Waals surface area contributed by atoms with Crippen LogP contribution in [0.3, 0.4) is 0 Å². The van der Waals surface area contributed by atoms with Crippen LogP contribution in [0, 0.1) is 6.92 Å². The van der Waals surface area contributed by atoms with Crippen molar-refractivity contribution >= 4 is 17.4 Å². The molecule has 0 amide bonds. The van der Waals surface area contributed by atoms with E-state index in [4.69, 9.17) is 28.4 Å². The second kappa shape index (κ2) is 12.7. The molecule has 0 aliphatic heterocycles. The van der Waals surface area contributed by atoms with Gasteiger partial charge in [-0.2, -0.15) is 4.98 Å². The third-order valence-corrected chi connectivity index (χ3v) is 5.98. The van der Waals surface area contributed by atoms with Gasteiger partial charge in [-0.1, -0.05) is 6.07 Å². The Balaban J connectivity index is 1.71. The molecule has 0 radical (unpaired) electrons.